The molecule has 2 aromatic rings. The summed E-state index contributed by atoms with van der Waals surface area (Å²) < 4.78 is 2.02. The minimum Gasteiger partial charge on any atom is -0.357 e. The summed E-state index contributed by atoms with van der Waals surface area (Å²) in [6, 6.07) is 4.94. The van der Waals surface area contributed by atoms with Crippen LogP contribution >= 0.6 is 11.3 Å². The molecule has 0 saturated carbocycles. The normalized spacial score (nSPS) is 20.5. The van der Waals surface area contributed by atoms with E-state index in [-0.39, 0.29) is 0 Å². The number of aryl methyl sites for hydroxylation is 2. The van der Waals surface area contributed by atoms with Gasteiger partial charge in [0.1, 0.15) is 0 Å². The van der Waals surface area contributed by atoms with E-state index in [9.17, 15) is 0 Å². The first kappa shape index (κ1) is 22.8. The Morgan fingerprint density at radius 2 is 2.07 bits per heavy atom. The van der Waals surface area contributed by atoms with Gasteiger partial charge in [-0.05, 0) is 63.6 Å². The van der Waals surface area contributed by atoms with Gasteiger partial charge in [-0.15, -0.1) is 11.3 Å². The highest BCUT2D eigenvalue weighted by molar-refractivity contribution is 7.10. The van der Waals surface area contributed by atoms with E-state index in [4.69, 9.17) is 10.1 Å². The lowest BCUT2D eigenvalue weighted by molar-refractivity contribution is 0.125. The summed E-state index contributed by atoms with van der Waals surface area (Å²) in [5.74, 6) is 1.49. The highest BCUT2D eigenvalue weighted by Gasteiger charge is 2.31. The molecule has 0 spiro atoms. The molecule has 0 aromatic carbocycles. The Hall–Kier alpha value is -1.86. The molecule has 0 bridgehead atoms. The zero-order valence-electron chi connectivity index (χ0n) is 19.2. The van der Waals surface area contributed by atoms with Gasteiger partial charge in [-0.25, -0.2) is 4.99 Å². The summed E-state index contributed by atoms with van der Waals surface area (Å²) in [7, 11) is 4.30. The zero-order chi connectivity index (χ0) is 21.5. The van der Waals surface area contributed by atoms with Crippen LogP contribution in [0, 0.1) is 5.92 Å². The summed E-state index contributed by atoms with van der Waals surface area (Å²) in [4.78, 5) is 8.93. The van der Waals surface area contributed by atoms with Crippen molar-refractivity contribution >= 4 is 17.3 Å². The summed E-state index contributed by atoms with van der Waals surface area (Å²) in [6.45, 7) is 10.1. The van der Waals surface area contributed by atoms with E-state index in [1.165, 1.54) is 41.2 Å². The molecule has 2 unspecified atom stereocenters. The van der Waals surface area contributed by atoms with E-state index in [2.05, 4.69) is 60.9 Å². The Morgan fingerprint density at radius 1 is 1.23 bits per heavy atom. The van der Waals surface area contributed by atoms with Crippen LogP contribution in [0.25, 0.3) is 0 Å². The van der Waals surface area contributed by atoms with Gasteiger partial charge < -0.3 is 10.6 Å². The summed E-state index contributed by atoms with van der Waals surface area (Å²) in [5, 5.41) is 14.0. The predicted octanol–water partition coefficient (Wildman–Crippen LogP) is 3.74. The molecule has 1 aliphatic heterocycles. The van der Waals surface area contributed by atoms with Crippen LogP contribution in [-0.4, -0.2) is 47.3 Å². The smallest absolute Gasteiger partial charge is 0.191 e. The molecule has 166 valence electrons. The van der Waals surface area contributed by atoms with Crippen LogP contribution in [0.4, 0.5) is 0 Å². The molecule has 3 heterocycles. The summed E-state index contributed by atoms with van der Waals surface area (Å²) in [6.07, 6.45) is 4.44. The molecule has 6 nitrogen and oxygen atoms in total. The third-order valence-corrected chi connectivity index (χ3v) is 7.08. The van der Waals surface area contributed by atoms with Crippen molar-refractivity contribution in [1.82, 2.24) is 25.3 Å². The highest BCUT2D eigenvalue weighted by atomic mass is 32.1. The molecule has 3 rings (SSSR count). The lowest BCUT2D eigenvalue weighted by Crippen LogP contribution is -2.44. The Morgan fingerprint density at radius 3 is 2.73 bits per heavy atom. The summed E-state index contributed by atoms with van der Waals surface area (Å²) in [5.41, 5.74) is 3.74. The van der Waals surface area contributed by atoms with Gasteiger partial charge in [0.25, 0.3) is 0 Å². The molecule has 7 heteroatoms. The second-order valence-corrected chi connectivity index (χ2v) is 9.10. The molecule has 2 atom stereocenters. The Kier molecular flexibility index (Phi) is 8.33. The Labute approximate surface area is 185 Å². The maximum Gasteiger partial charge on any atom is 0.191 e. The van der Waals surface area contributed by atoms with Crippen molar-refractivity contribution in [2.24, 2.45) is 18.0 Å². The van der Waals surface area contributed by atoms with Crippen molar-refractivity contribution in [1.29, 1.82) is 0 Å². The van der Waals surface area contributed by atoms with E-state index in [0.29, 0.717) is 18.5 Å². The van der Waals surface area contributed by atoms with Crippen molar-refractivity contribution in [3.05, 3.63) is 39.3 Å². The Bertz CT molecular complexity index is 810. The number of hydrogen-bond donors (Lipinski definition) is 2. The second-order valence-electron chi connectivity index (χ2n) is 8.12. The molecule has 0 amide bonds. The molecule has 1 saturated heterocycles. The third-order valence-electron chi connectivity index (χ3n) is 6.14. The first-order valence-electron chi connectivity index (χ1n) is 11.4. The first-order chi connectivity index (χ1) is 14.6. The highest BCUT2D eigenvalue weighted by Crippen LogP contribution is 2.36. The first-order valence-corrected chi connectivity index (χ1v) is 12.3. The number of rotatable bonds is 8. The van der Waals surface area contributed by atoms with Gasteiger partial charge in [0.2, 0.25) is 0 Å². The topological polar surface area (TPSA) is 57.5 Å². The van der Waals surface area contributed by atoms with Gasteiger partial charge in [0.05, 0.1) is 12.2 Å². The monoisotopic (exact) mass is 430 g/mol. The molecule has 30 heavy (non-hydrogen) atoms. The minimum atomic E-state index is 0.492. The van der Waals surface area contributed by atoms with Crippen molar-refractivity contribution in [2.45, 2.75) is 59.0 Å². The molecule has 2 N–H and O–H groups in total. The lowest BCUT2D eigenvalue weighted by atomic mass is 9.88. The number of aliphatic imine (C=N–C) groups is 1. The fraction of sp³-hybridized carbons (Fsp3) is 0.652. The Balaban J connectivity index is 1.71. The van der Waals surface area contributed by atoms with E-state index < -0.39 is 0 Å². The van der Waals surface area contributed by atoms with Gasteiger partial charge in [-0.3, -0.25) is 9.58 Å². The van der Waals surface area contributed by atoms with Crippen LogP contribution in [0.1, 0.15) is 61.5 Å². The summed E-state index contributed by atoms with van der Waals surface area (Å²) >= 11 is 1.87. The van der Waals surface area contributed by atoms with Crippen LogP contribution in [0.2, 0.25) is 0 Å². The predicted molar refractivity (Wildman–Crippen MR) is 127 cm³/mol. The maximum absolute atomic E-state index is 4.94. The van der Waals surface area contributed by atoms with Crippen LogP contribution in [0.5, 0.6) is 0 Å². The van der Waals surface area contributed by atoms with E-state index >= 15 is 0 Å². The largest absolute Gasteiger partial charge is 0.357 e. The lowest BCUT2D eigenvalue weighted by Gasteiger charge is -2.39. The SMILES string of the molecule is CCNC(=NCc1c(CC)nn(C)c1CC)NCC1CCCN(C)C1c1cccs1. The average Bonchev–Trinajstić information content (AvgIpc) is 3.37. The minimum absolute atomic E-state index is 0.492. The van der Waals surface area contributed by atoms with Gasteiger partial charge in [-0.2, -0.15) is 5.10 Å². The number of hydrogen-bond acceptors (Lipinski definition) is 4. The third kappa shape index (κ3) is 5.24. The number of nitrogens with one attached hydrogen (secondary N) is 2. The molecular formula is C23H38N6S. The molecular weight excluding hydrogens is 392 g/mol. The van der Waals surface area contributed by atoms with Crippen molar-refractivity contribution < 1.29 is 0 Å². The quantitative estimate of drug-likeness (QED) is 0.495. The van der Waals surface area contributed by atoms with Gasteiger partial charge in [0.15, 0.2) is 5.96 Å². The van der Waals surface area contributed by atoms with Crippen LogP contribution < -0.4 is 10.6 Å². The molecule has 0 aliphatic carbocycles. The van der Waals surface area contributed by atoms with E-state index in [1.807, 2.05) is 23.1 Å². The van der Waals surface area contributed by atoms with E-state index in [1.54, 1.807) is 0 Å². The van der Waals surface area contributed by atoms with Gasteiger partial charge >= 0.3 is 0 Å². The van der Waals surface area contributed by atoms with Crippen molar-refractivity contribution in [3.8, 4) is 0 Å². The second kappa shape index (κ2) is 11.0. The fourth-order valence-electron chi connectivity index (χ4n) is 4.68. The number of piperidine rings is 1. The number of nitrogens with zero attached hydrogens (tertiary/aromatic N) is 4. The number of thiophene rings is 1. The maximum atomic E-state index is 4.94. The zero-order valence-corrected chi connectivity index (χ0v) is 20.1. The molecule has 1 aliphatic rings. The van der Waals surface area contributed by atoms with Crippen LogP contribution in [0.3, 0.4) is 0 Å². The molecule has 0 radical (unpaired) electrons. The van der Waals surface area contributed by atoms with Gasteiger partial charge in [0, 0.05) is 42.3 Å². The fourth-order valence-corrected chi connectivity index (χ4v) is 5.67. The standard InChI is InChI=1S/C23H38N6S/c1-6-19-18(20(7-2)29(5)27-19)16-26-23(24-8-3)25-15-17-11-9-13-28(4)22(17)21-12-10-14-30-21/h10,12,14,17,22H,6-9,11,13,15-16H2,1-5H3,(H2,24,25,26). The average molecular weight is 431 g/mol. The van der Waals surface area contributed by atoms with Crippen LogP contribution in [0.15, 0.2) is 22.5 Å². The van der Waals surface area contributed by atoms with Crippen molar-refractivity contribution in [3.63, 3.8) is 0 Å². The number of aromatic nitrogens is 2. The van der Waals surface area contributed by atoms with E-state index in [0.717, 1.165) is 31.9 Å². The number of likely N-dealkylation sites (tertiary alicyclic amines) is 1. The molecule has 1 fully saturated rings. The van der Waals surface area contributed by atoms with Crippen molar-refractivity contribution in [2.75, 3.05) is 26.7 Å². The molecule has 2 aromatic heterocycles. The number of guanidine groups is 1. The van der Waals surface area contributed by atoms with Crippen LogP contribution in [-0.2, 0) is 26.4 Å². The van der Waals surface area contributed by atoms with Gasteiger partial charge in [-0.1, -0.05) is 19.9 Å².